The molecule has 0 amide bonds. The van der Waals surface area contributed by atoms with Gasteiger partial charge < -0.3 is 9.05 Å². The van der Waals surface area contributed by atoms with Crippen LogP contribution in [0.1, 0.15) is 41.5 Å². The smallest absolute Gasteiger partial charge is 0.253 e. The molecule has 0 fully saturated rings. The lowest BCUT2D eigenvalue weighted by Crippen LogP contribution is -2.24. The summed E-state index contributed by atoms with van der Waals surface area (Å²) in [5.41, 5.74) is 5.21. The highest BCUT2D eigenvalue weighted by molar-refractivity contribution is 7.44. The van der Waals surface area contributed by atoms with Gasteiger partial charge in [0.1, 0.15) is 0 Å². The molecule has 4 heteroatoms. The van der Waals surface area contributed by atoms with Gasteiger partial charge in [0.25, 0.3) is 8.53 Å². The van der Waals surface area contributed by atoms with E-state index in [1.165, 1.54) is 0 Å². The lowest BCUT2D eigenvalue weighted by molar-refractivity contribution is 0.0732. The highest BCUT2D eigenvalue weighted by Crippen LogP contribution is 2.38. The van der Waals surface area contributed by atoms with Gasteiger partial charge in [-0.3, -0.25) is 5.50 Å². The van der Waals surface area contributed by atoms with E-state index in [4.69, 9.17) is 14.6 Å². The van der Waals surface area contributed by atoms with Crippen LogP contribution in [0.25, 0.3) is 0 Å². The van der Waals surface area contributed by atoms with Crippen molar-refractivity contribution in [2.45, 2.75) is 52.7 Å². The molecule has 0 spiro atoms. The molecule has 12 heavy (non-hydrogen) atoms. The summed E-state index contributed by atoms with van der Waals surface area (Å²) in [6.45, 7) is 11.8. The Morgan fingerprint density at radius 1 is 0.833 bits per heavy atom. The van der Waals surface area contributed by atoms with Gasteiger partial charge in [0.15, 0.2) is 0 Å². The maximum Gasteiger partial charge on any atom is 0.253 e. The molecule has 2 N–H and O–H groups in total. The van der Waals surface area contributed by atoms with E-state index in [1.54, 1.807) is 0 Å². The topological polar surface area (TPSA) is 44.5 Å². The minimum absolute atomic E-state index is 0.230. The fraction of sp³-hybridized carbons (Fsp3) is 1.00. The molecule has 0 aliphatic rings. The molecule has 0 saturated heterocycles. The zero-order chi connectivity index (χ0) is 9.99. The molecule has 3 nitrogen and oxygen atoms in total. The standard InChI is InChI=1S/C8H20NO2P/c1-7(2,3)10-12(9)11-8(4,5)6/h9H2,1-6H3. The van der Waals surface area contributed by atoms with Crippen molar-refractivity contribution in [2.24, 2.45) is 5.50 Å². The molecule has 0 heterocycles. The largest absolute Gasteiger partial charge is 0.316 e. The number of rotatable bonds is 2. The van der Waals surface area contributed by atoms with E-state index in [1.807, 2.05) is 41.5 Å². The molecule has 0 aromatic rings. The van der Waals surface area contributed by atoms with Gasteiger partial charge in [0.05, 0.1) is 11.2 Å². The van der Waals surface area contributed by atoms with Crippen LogP contribution in [0, 0.1) is 0 Å². The molecule has 0 rings (SSSR count). The third kappa shape index (κ3) is 8.41. The summed E-state index contributed by atoms with van der Waals surface area (Å²) in [6.07, 6.45) is 0. The third-order valence-corrected chi connectivity index (χ3v) is 2.18. The third-order valence-electron chi connectivity index (χ3n) is 0.728. The number of hydrogen-bond donors (Lipinski definition) is 1. The number of hydrogen-bond acceptors (Lipinski definition) is 3. The van der Waals surface area contributed by atoms with Gasteiger partial charge in [0, 0.05) is 0 Å². The second-order valence-electron chi connectivity index (χ2n) is 4.69. The zero-order valence-corrected chi connectivity index (χ0v) is 9.74. The molecule has 0 bridgehead atoms. The van der Waals surface area contributed by atoms with Crippen LogP contribution < -0.4 is 5.50 Å². The van der Waals surface area contributed by atoms with E-state index in [0.717, 1.165) is 0 Å². The van der Waals surface area contributed by atoms with Crippen molar-refractivity contribution < 1.29 is 9.05 Å². The molecule has 0 aliphatic heterocycles. The molecule has 0 atom stereocenters. The zero-order valence-electron chi connectivity index (χ0n) is 8.84. The normalized spacial score (nSPS) is 14.0. The van der Waals surface area contributed by atoms with Gasteiger partial charge in [-0.1, -0.05) is 0 Å². The minimum Gasteiger partial charge on any atom is -0.316 e. The van der Waals surface area contributed by atoms with E-state index in [2.05, 4.69) is 0 Å². The van der Waals surface area contributed by atoms with Crippen LogP contribution in [0.2, 0.25) is 0 Å². The molecule has 0 aromatic heterocycles. The Labute approximate surface area is 76.6 Å². The molecule has 0 aliphatic carbocycles. The van der Waals surface area contributed by atoms with Crippen molar-refractivity contribution in [1.82, 2.24) is 0 Å². The first-order chi connectivity index (χ1) is 5.10. The van der Waals surface area contributed by atoms with E-state index < -0.39 is 8.53 Å². The van der Waals surface area contributed by atoms with Crippen LogP contribution in [-0.2, 0) is 9.05 Å². The van der Waals surface area contributed by atoms with Crippen LogP contribution in [0.4, 0.5) is 0 Å². The van der Waals surface area contributed by atoms with Gasteiger partial charge in [-0.05, 0) is 41.5 Å². The number of nitrogens with two attached hydrogens (primary N) is 1. The molecular formula is C8H20NO2P. The van der Waals surface area contributed by atoms with Crippen molar-refractivity contribution in [3.8, 4) is 0 Å². The second kappa shape index (κ2) is 4.01. The van der Waals surface area contributed by atoms with Gasteiger partial charge >= 0.3 is 0 Å². The van der Waals surface area contributed by atoms with Crippen molar-refractivity contribution >= 4 is 8.53 Å². The summed E-state index contributed by atoms with van der Waals surface area (Å²) < 4.78 is 10.9. The lowest BCUT2D eigenvalue weighted by atomic mass is 10.2. The predicted octanol–water partition coefficient (Wildman–Crippen LogP) is 2.80. The summed E-state index contributed by atoms with van der Waals surface area (Å²) in [4.78, 5) is 0. The van der Waals surface area contributed by atoms with Gasteiger partial charge in [-0.15, -0.1) is 0 Å². The van der Waals surface area contributed by atoms with Crippen molar-refractivity contribution in [2.75, 3.05) is 0 Å². The second-order valence-corrected chi connectivity index (χ2v) is 5.63. The molecular weight excluding hydrogens is 173 g/mol. The molecule has 74 valence electrons. The minimum atomic E-state index is -1.26. The van der Waals surface area contributed by atoms with Crippen molar-refractivity contribution in [3.05, 3.63) is 0 Å². The van der Waals surface area contributed by atoms with Crippen molar-refractivity contribution in [1.29, 1.82) is 0 Å². The first-order valence-electron chi connectivity index (χ1n) is 4.03. The average Bonchev–Trinajstić information content (AvgIpc) is 1.49. The van der Waals surface area contributed by atoms with Gasteiger partial charge in [-0.25, -0.2) is 0 Å². The highest BCUT2D eigenvalue weighted by Gasteiger charge is 2.22. The fourth-order valence-corrected chi connectivity index (χ4v) is 1.68. The Kier molecular flexibility index (Phi) is 4.12. The summed E-state index contributed by atoms with van der Waals surface area (Å²) in [5.74, 6) is 0. The highest BCUT2D eigenvalue weighted by atomic mass is 31.2. The quantitative estimate of drug-likeness (QED) is 0.686. The predicted molar refractivity (Wildman–Crippen MR) is 52.8 cm³/mol. The molecule has 0 radical (unpaired) electrons. The van der Waals surface area contributed by atoms with Crippen LogP contribution in [0.15, 0.2) is 0 Å². The van der Waals surface area contributed by atoms with Crippen LogP contribution >= 0.6 is 8.53 Å². The average molecular weight is 193 g/mol. The van der Waals surface area contributed by atoms with Crippen molar-refractivity contribution in [3.63, 3.8) is 0 Å². The van der Waals surface area contributed by atoms with Crippen LogP contribution in [-0.4, -0.2) is 11.2 Å². The monoisotopic (exact) mass is 193 g/mol. The SMILES string of the molecule is CC(C)(C)OP(N)OC(C)(C)C. The lowest BCUT2D eigenvalue weighted by Gasteiger charge is -2.28. The Morgan fingerprint density at radius 3 is 1.25 bits per heavy atom. The van der Waals surface area contributed by atoms with Crippen LogP contribution in [0.3, 0.4) is 0 Å². The van der Waals surface area contributed by atoms with E-state index in [0.29, 0.717) is 0 Å². The Hall–Kier alpha value is 0.310. The maximum absolute atomic E-state index is 5.67. The van der Waals surface area contributed by atoms with E-state index in [-0.39, 0.29) is 11.2 Å². The Morgan fingerprint density at radius 2 is 1.08 bits per heavy atom. The molecule has 0 saturated carbocycles. The van der Waals surface area contributed by atoms with E-state index in [9.17, 15) is 0 Å². The van der Waals surface area contributed by atoms with Gasteiger partial charge in [-0.2, -0.15) is 0 Å². The fourth-order valence-electron chi connectivity index (χ4n) is 0.558. The molecule has 0 aromatic carbocycles. The van der Waals surface area contributed by atoms with Gasteiger partial charge in [0.2, 0.25) is 0 Å². The summed E-state index contributed by atoms with van der Waals surface area (Å²) in [7, 11) is -1.26. The van der Waals surface area contributed by atoms with E-state index >= 15 is 0 Å². The summed E-state index contributed by atoms with van der Waals surface area (Å²) in [6, 6.07) is 0. The first-order valence-corrected chi connectivity index (χ1v) is 5.28. The Bertz CT molecular complexity index is 121. The maximum atomic E-state index is 5.67. The van der Waals surface area contributed by atoms with Crippen LogP contribution in [0.5, 0.6) is 0 Å². The first kappa shape index (κ1) is 12.3. The Balaban J connectivity index is 3.83. The molecule has 0 unspecified atom stereocenters. The summed E-state index contributed by atoms with van der Waals surface area (Å²) in [5, 5.41) is 0. The summed E-state index contributed by atoms with van der Waals surface area (Å²) >= 11 is 0.